The van der Waals surface area contributed by atoms with Crippen molar-refractivity contribution in [2.45, 2.75) is 11.4 Å². The van der Waals surface area contributed by atoms with Crippen LogP contribution in [0.2, 0.25) is 0 Å². The summed E-state index contributed by atoms with van der Waals surface area (Å²) < 4.78 is 40.5. The Bertz CT molecular complexity index is 872. The first-order chi connectivity index (χ1) is 11.8. The highest BCUT2D eigenvalue weighted by molar-refractivity contribution is 7.89. The topological polar surface area (TPSA) is 105 Å². The van der Waals surface area contributed by atoms with Gasteiger partial charge in [-0.3, -0.25) is 0 Å². The van der Waals surface area contributed by atoms with Gasteiger partial charge in [-0.05, 0) is 12.1 Å². The molecule has 0 saturated carbocycles. The van der Waals surface area contributed by atoms with E-state index in [1.54, 1.807) is 19.0 Å². The van der Waals surface area contributed by atoms with Crippen LogP contribution in [-0.4, -0.2) is 48.3 Å². The van der Waals surface area contributed by atoms with Gasteiger partial charge in [-0.15, -0.1) is 6.58 Å². The van der Waals surface area contributed by atoms with Crippen LogP contribution in [0.3, 0.4) is 0 Å². The van der Waals surface area contributed by atoms with Gasteiger partial charge in [0.15, 0.2) is 5.82 Å². The molecule has 0 aliphatic heterocycles. The number of halogens is 1. The third kappa shape index (κ3) is 4.28. The van der Waals surface area contributed by atoms with Gasteiger partial charge in [0.2, 0.25) is 21.9 Å². The molecule has 2 N–H and O–H groups in total. The highest BCUT2D eigenvalue weighted by atomic mass is 32.2. The molecule has 1 heterocycles. The molecule has 134 valence electrons. The highest BCUT2D eigenvalue weighted by Gasteiger charge is 2.27. The number of benzene rings is 1. The molecule has 0 saturated heterocycles. The van der Waals surface area contributed by atoms with E-state index in [2.05, 4.69) is 21.5 Å². The van der Waals surface area contributed by atoms with Crippen molar-refractivity contribution in [2.24, 2.45) is 0 Å². The van der Waals surface area contributed by atoms with Gasteiger partial charge < -0.3 is 10.6 Å². The van der Waals surface area contributed by atoms with E-state index in [1.807, 2.05) is 0 Å². The monoisotopic (exact) mass is 366 g/mol. The summed E-state index contributed by atoms with van der Waals surface area (Å²) in [6, 6.07) is 5.16. The van der Waals surface area contributed by atoms with E-state index in [-0.39, 0.29) is 24.9 Å². The first kappa shape index (κ1) is 18.7. The number of anilines is 2. The molecule has 25 heavy (non-hydrogen) atoms. The molecule has 0 bridgehead atoms. The fourth-order valence-electron chi connectivity index (χ4n) is 2.04. The van der Waals surface area contributed by atoms with E-state index in [4.69, 9.17) is 5.73 Å². The highest BCUT2D eigenvalue weighted by Crippen LogP contribution is 2.20. The van der Waals surface area contributed by atoms with Crippen molar-refractivity contribution in [3.8, 4) is 0 Å². The van der Waals surface area contributed by atoms with Crippen molar-refractivity contribution < 1.29 is 12.8 Å². The van der Waals surface area contributed by atoms with E-state index < -0.39 is 20.7 Å². The van der Waals surface area contributed by atoms with Crippen molar-refractivity contribution in [3.05, 3.63) is 48.6 Å². The molecule has 1 aromatic carbocycles. The SMILES string of the molecule is C=CCN(Cc1nc(N)nc(N(C)C)n1)S(=O)(=O)c1ccccc1F. The number of hydrogen-bond donors (Lipinski definition) is 1. The van der Waals surface area contributed by atoms with Gasteiger partial charge in [0.05, 0.1) is 6.54 Å². The number of rotatable bonds is 7. The van der Waals surface area contributed by atoms with Crippen LogP contribution in [0.4, 0.5) is 16.3 Å². The first-order valence-electron chi connectivity index (χ1n) is 7.29. The van der Waals surface area contributed by atoms with Crippen LogP contribution in [0.5, 0.6) is 0 Å². The minimum atomic E-state index is -4.11. The van der Waals surface area contributed by atoms with Gasteiger partial charge >= 0.3 is 0 Å². The number of aromatic nitrogens is 3. The number of hydrogen-bond acceptors (Lipinski definition) is 7. The lowest BCUT2D eigenvalue weighted by Gasteiger charge is -2.21. The average Bonchev–Trinajstić information content (AvgIpc) is 2.54. The normalized spacial score (nSPS) is 11.5. The largest absolute Gasteiger partial charge is 0.368 e. The van der Waals surface area contributed by atoms with E-state index in [0.29, 0.717) is 5.95 Å². The lowest BCUT2D eigenvalue weighted by molar-refractivity contribution is 0.423. The standard InChI is InChI=1S/C15H19FN6O2S/c1-4-9-22(25(23,24)12-8-6-5-7-11(12)16)10-13-18-14(17)20-15(19-13)21(2)3/h4-8H,1,9-10H2,2-3H3,(H2,17,18,19,20). The summed E-state index contributed by atoms with van der Waals surface area (Å²) in [5, 5.41) is 0. The van der Waals surface area contributed by atoms with Crippen molar-refractivity contribution in [2.75, 3.05) is 31.3 Å². The molecule has 0 spiro atoms. The maximum Gasteiger partial charge on any atom is 0.246 e. The molecule has 2 rings (SSSR count). The summed E-state index contributed by atoms with van der Waals surface area (Å²) in [4.78, 5) is 13.3. The number of nitrogens with two attached hydrogens (primary N) is 1. The van der Waals surface area contributed by atoms with Crippen molar-refractivity contribution in [1.29, 1.82) is 0 Å². The van der Waals surface area contributed by atoms with Crippen LogP contribution in [0.15, 0.2) is 41.8 Å². The van der Waals surface area contributed by atoms with Crippen LogP contribution in [0, 0.1) is 5.82 Å². The Morgan fingerprint density at radius 3 is 2.52 bits per heavy atom. The quantitative estimate of drug-likeness (QED) is 0.730. The fourth-order valence-corrected chi connectivity index (χ4v) is 3.47. The predicted octanol–water partition coefficient (Wildman–Crippen LogP) is 1.04. The van der Waals surface area contributed by atoms with Gasteiger partial charge in [0.1, 0.15) is 10.7 Å². The molecule has 0 aliphatic carbocycles. The Labute approximate surface area is 145 Å². The molecule has 0 aliphatic rings. The minimum Gasteiger partial charge on any atom is -0.368 e. The minimum absolute atomic E-state index is 0.0319. The molecule has 0 atom stereocenters. The number of sulfonamides is 1. The molecule has 0 radical (unpaired) electrons. The molecule has 8 nitrogen and oxygen atoms in total. The van der Waals surface area contributed by atoms with E-state index in [0.717, 1.165) is 10.4 Å². The molecule has 0 unspecified atom stereocenters. The Hall–Kier alpha value is -2.59. The number of nitrogen functional groups attached to an aromatic ring is 1. The van der Waals surface area contributed by atoms with Gasteiger partial charge in [-0.1, -0.05) is 18.2 Å². The molecule has 0 amide bonds. The lowest BCUT2D eigenvalue weighted by atomic mass is 10.4. The van der Waals surface area contributed by atoms with Gasteiger partial charge in [-0.2, -0.15) is 19.3 Å². The summed E-state index contributed by atoms with van der Waals surface area (Å²) in [6.45, 7) is 3.31. The van der Waals surface area contributed by atoms with Crippen LogP contribution < -0.4 is 10.6 Å². The molecular weight excluding hydrogens is 347 g/mol. The Morgan fingerprint density at radius 2 is 1.92 bits per heavy atom. The summed E-state index contributed by atoms with van der Waals surface area (Å²) in [6.07, 6.45) is 1.40. The molecule has 0 fully saturated rings. The zero-order valence-corrected chi connectivity index (χ0v) is 14.7. The summed E-state index contributed by atoms with van der Waals surface area (Å²) >= 11 is 0. The summed E-state index contributed by atoms with van der Waals surface area (Å²) in [5.74, 6) is -0.418. The van der Waals surface area contributed by atoms with E-state index >= 15 is 0 Å². The van der Waals surface area contributed by atoms with E-state index in [1.165, 1.54) is 24.3 Å². The second-order valence-corrected chi connectivity index (χ2v) is 7.23. The van der Waals surface area contributed by atoms with Gasteiger partial charge in [-0.25, -0.2) is 12.8 Å². The average molecular weight is 366 g/mol. The third-order valence-electron chi connectivity index (χ3n) is 3.19. The van der Waals surface area contributed by atoms with E-state index in [9.17, 15) is 12.8 Å². The lowest BCUT2D eigenvalue weighted by Crippen LogP contribution is -2.32. The Balaban J connectivity index is 2.42. The fraction of sp³-hybridized carbons (Fsp3) is 0.267. The van der Waals surface area contributed by atoms with Gasteiger partial charge in [0, 0.05) is 20.6 Å². The Morgan fingerprint density at radius 1 is 1.24 bits per heavy atom. The van der Waals surface area contributed by atoms with Crippen molar-refractivity contribution >= 4 is 21.9 Å². The Kier molecular flexibility index (Phi) is 5.65. The third-order valence-corrected chi connectivity index (χ3v) is 5.04. The van der Waals surface area contributed by atoms with Crippen LogP contribution in [0.25, 0.3) is 0 Å². The second kappa shape index (κ2) is 7.53. The molecule has 2 aromatic rings. The summed E-state index contributed by atoms with van der Waals surface area (Å²) in [7, 11) is -0.669. The maximum absolute atomic E-state index is 14.0. The molecule has 10 heteroatoms. The van der Waals surface area contributed by atoms with Crippen LogP contribution in [-0.2, 0) is 16.6 Å². The summed E-state index contributed by atoms with van der Waals surface area (Å²) in [5.41, 5.74) is 5.65. The predicted molar refractivity (Wildman–Crippen MR) is 92.8 cm³/mol. The zero-order chi connectivity index (χ0) is 18.6. The maximum atomic E-state index is 14.0. The van der Waals surface area contributed by atoms with Crippen LogP contribution >= 0.6 is 0 Å². The smallest absolute Gasteiger partial charge is 0.246 e. The van der Waals surface area contributed by atoms with Gasteiger partial charge in [0.25, 0.3) is 0 Å². The molecular formula is C15H19FN6O2S. The van der Waals surface area contributed by atoms with Crippen molar-refractivity contribution in [1.82, 2.24) is 19.3 Å². The second-order valence-electron chi connectivity index (χ2n) is 5.32. The first-order valence-corrected chi connectivity index (χ1v) is 8.73. The van der Waals surface area contributed by atoms with Crippen molar-refractivity contribution in [3.63, 3.8) is 0 Å². The zero-order valence-electron chi connectivity index (χ0n) is 13.9. The number of nitrogens with zero attached hydrogens (tertiary/aromatic N) is 5. The van der Waals surface area contributed by atoms with Crippen LogP contribution in [0.1, 0.15) is 5.82 Å². The molecule has 1 aromatic heterocycles.